The van der Waals surface area contributed by atoms with Gasteiger partial charge in [0.2, 0.25) is 0 Å². The SMILES string of the molecule is C#CCOc1c(Br)cccc1CNC. The summed E-state index contributed by atoms with van der Waals surface area (Å²) in [6.07, 6.45) is 5.14. The largest absolute Gasteiger partial charge is 0.479 e. The van der Waals surface area contributed by atoms with Crippen molar-refractivity contribution in [3.05, 3.63) is 28.2 Å². The zero-order valence-corrected chi connectivity index (χ0v) is 9.60. The molecule has 0 aliphatic rings. The van der Waals surface area contributed by atoms with Crippen molar-refractivity contribution in [3.63, 3.8) is 0 Å². The molecular formula is C11H12BrNO. The summed E-state index contributed by atoms with van der Waals surface area (Å²) >= 11 is 3.43. The third-order valence-electron chi connectivity index (χ3n) is 1.72. The Morgan fingerprint density at radius 2 is 2.36 bits per heavy atom. The molecule has 0 atom stereocenters. The summed E-state index contributed by atoms with van der Waals surface area (Å²) in [7, 11) is 1.89. The lowest BCUT2D eigenvalue weighted by molar-refractivity contribution is 0.363. The van der Waals surface area contributed by atoms with Crippen molar-refractivity contribution in [3.8, 4) is 18.1 Å². The van der Waals surface area contributed by atoms with Gasteiger partial charge in [-0.3, -0.25) is 0 Å². The molecule has 0 saturated carbocycles. The van der Waals surface area contributed by atoms with E-state index in [2.05, 4.69) is 27.2 Å². The predicted molar refractivity (Wildman–Crippen MR) is 61.2 cm³/mol. The number of rotatable bonds is 4. The third-order valence-corrected chi connectivity index (χ3v) is 2.34. The van der Waals surface area contributed by atoms with Gasteiger partial charge in [0.25, 0.3) is 0 Å². The van der Waals surface area contributed by atoms with E-state index in [4.69, 9.17) is 11.2 Å². The maximum absolute atomic E-state index is 5.45. The molecule has 0 unspecified atom stereocenters. The number of benzene rings is 1. The fraction of sp³-hybridized carbons (Fsp3) is 0.273. The minimum absolute atomic E-state index is 0.291. The van der Waals surface area contributed by atoms with Crippen molar-refractivity contribution in [1.82, 2.24) is 5.32 Å². The van der Waals surface area contributed by atoms with Crippen molar-refractivity contribution in [1.29, 1.82) is 0 Å². The molecule has 0 saturated heterocycles. The van der Waals surface area contributed by atoms with E-state index in [-0.39, 0.29) is 0 Å². The fourth-order valence-electron chi connectivity index (χ4n) is 1.16. The molecule has 0 aliphatic carbocycles. The Hall–Kier alpha value is -0.980. The molecule has 3 heteroatoms. The summed E-state index contributed by atoms with van der Waals surface area (Å²) in [4.78, 5) is 0. The van der Waals surface area contributed by atoms with Crippen LogP contribution in [0.4, 0.5) is 0 Å². The van der Waals surface area contributed by atoms with E-state index in [0.29, 0.717) is 6.61 Å². The molecule has 0 fully saturated rings. The minimum Gasteiger partial charge on any atom is -0.479 e. The third kappa shape index (κ3) is 2.76. The molecule has 1 aromatic carbocycles. The Balaban J connectivity index is 2.91. The first-order valence-electron chi connectivity index (χ1n) is 4.28. The Morgan fingerprint density at radius 1 is 1.57 bits per heavy atom. The summed E-state index contributed by atoms with van der Waals surface area (Å²) in [5.41, 5.74) is 1.09. The highest BCUT2D eigenvalue weighted by Crippen LogP contribution is 2.28. The first-order chi connectivity index (χ1) is 6.79. The van der Waals surface area contributed by atoms with Gasteiger partial charge in [-0.1, -0.05) is 18.1 Å². The summed E-state index contributed by atoms with van der Waals surface area (Å²) in [5.74, 6) is 3.27. The number of nitrogens with one attached hydrogen (secondary N) is 1. The number of hydrogen-bond acceptors (Lipinski definition) is 2. The second-order valence-electron chi connectivity index (χ2n) is 2.75. The number of hydrogen-bond donors (Lipinski definition) is 1. The first-order valence-corrected chi connectivity index (χ1v) is 5.07. The average Bonchev–Trinajstić information content (AvgIpc) is 2.18. The highest BCUT2D eigenvalue weighted by atomic mass is 79.9. The van der Waals surface area contributed by atoms with Crippen LogP contribution in [-0.4, -0.2) is 13.7 Å². The van der Waals surface area contributed by atoms with Gasteiger partial charge in [-0.25, -0.2) is 0 Å². The van der Waals surface area contributed by atoms with Crippen LogP contribution in [0.15, 0.2) is 22.7 Å². The van der Waals surface area contributed by atoms with Gasteiger partial charge in [0.05, 0.1) is 4.47 Å². The number of halogens is 1. The molecule has 0 aromatic heterocycles. The molecule has 0 spiro atoms. The lowest BCUT2D eigenvalue weighted by Gasteiger charge is -2.10. The molecule has 0 heterocycles. The predicted octanol–water partition coefficient (Wildman–Crippen LogP) is 2.18. The summed E-state index contributed by atoms with van der Waals surface area (Å²) < 4.78 is 6.38. The Kier molecular flexibility index (Phi) is 4.51. The normalized spacial score (nSPS) is 9.50. The zero-order chi connectivity index (χ0) is 10.4. The topological polar surface area (TPSA) is 21.3 Å². The van der Waals surface area contributed by atoms with Crippen molar-refractivity contribution in [2.75, 3.05) is 13.7 Å². The number of terminal acetylenes is 1. The van der Waals surface area contributed by atoms with Gasteiger partial charge in [-0.2, -0.15) is 0 Å². The van der Waals surface area contributed by atoms with Gasteiger partial charge in [0, 0.05) is 12.1 Å². The summed E-state index contributed by atoms with van der Waals surface area (Å²) in [5, 5.41) is 3.08. The van der Waals surface area contributed by atoms with Crippen LogP contribution in [0.1, 0.15) is 5.56 Å². The van der Waals surface area contributed by atoms with Gasteiger partial charge in [0.1, 0.15) is 12.4 Å². The van der Waals surface area contributed by atoms with Crippen LogP contribution in [0.2, 0.25) is 0 Å². The van der Waals surface area contributed by atoms with E-state index < -0.39 is 0 Å². The summed E-state index contributed by atoms with van der Waals surface area (Å²) in [6, 6.07) is 5.91. The molecule has 0 bridgehead atoms. The fourth-order valence-corrected chi connectivity index (χ4v) is 1.68. The first kappa shape index (κ1) is 11.1. The molecule has 1 rings (SSSR count). The lowest BCUT2D eigenvalue weighted by Crippen LogP contribution is -2.08. The maximum Gasteiger partial charge on any atom is 0.148 e. The monoisotopic (exact) mass is 253 g/mol. The molecule has 14 heavy (non-hydrogen) atoms. The highest BCUT2D eigenvalue weighted by molar-refractivity contribution is 9.10. The van der Waals surface area contributed by atoms with E-state index in [1.807, 2.05) is 25.2 Å². The van der Waals surface area contributed by atoms with E-state index in [1.165, 1.54) is 0 Å². The molecule has 2 nitrogen and oxygen atoms in total. The molecule has 1 N–H and O–H groups in total. The Labute approximate surface area is 92.8 Å². The molecule has 1 aromatic rings. The van der Waals surface area contributed by atoms with E-state index in [1.54, 1.807) is 0 Å². The van der Waals surface area contributed by atoms with Gasteiger partial charge in [-0.15, -0.1) is 6.42 Å². The van der Waals surface area contributed by atoms with Crippen LogP contribution >= 0.6 is 15.9 Å². The van der Waals surface area contributed by atoms with Crippen LogP contribution in [0.25, 0.3) is 0 Å². The van der Waals surface area contributed by atoms with Crippen LogP contribution < -0.4 is 10.1 Å². The molecule has 0 amide bonds. The molecule has 0 aliphatic heterocycles. The number of ether oxygens (including phenoxy) is 1. The highest BCUT2D eigenvalue weighted by Gasteiger charge is 2.06. The second kappa shape index (κ2) is 5.69. The van der Waals surface area contributed by atoms with E-state index in [0.717, 1.165) is 22.3 Å². The van der Waals surface area contributed by atoms with Gasteiger partial charge < -0.3 is 10.1 Å². The van der Waals surface area contributed by atoms with Crippen LogP contribution in [0.5, 0.6) is 5.75 Å². The van der Waals surface area contributed by atoms with Crippen LogP contribution in [0.3, 0.4) is 0 Å². The number of para-hydroxylation sites is 1. The quantitative estimate of drug-likeness (QED) is 0.831. The van der Waals surface area contributed by atoms with Crippen molar-refractivity contribution < 1.29 is 4.74 Å². The average molecular weight is 254 g/mol. The van der Waals surface area contributed by atoms with Crippen molar-refractivity contribution >= 4 is 15.9 Å². The van der Waals surface area contributed by atoms with E-state index in [9.17, 15) is 0 Å². The minimum atomic E-state index is 0.291. The van der Waals surface area contributed by atoms with Crippen LogP contribution in [-0.2, 0) is 6.54 Å². The lowest BCUT2D eigenvalue weighted by atomic mass is 10.2. The van der Waals surface area contributed by atoms with Crippen LogP contribution in [0, 0.1) is 12.3 Å². The molecule has 0 radical (unpaired) electrons. The smallest absolute Gasteiger partial charge is 0.148 e. The molecule has 74 valence electrons. The van der Waals surface area contributed by atoms with Gasteiger partial charge >= 0.3 is 0 Å². The second-order valence-corrected chi connectivity index (χ2v) is 3.61. The molecular weight excluding hydrogens is 242 g/mol. The van der Waals surface area contributed by atoms with E-state index >= 15 is 0 Å². The maximum atomic E-state index is 5.45. The van der Waals surface area contributed by atoms with Gasteiger partial charge in [-0.05, 0) is 29.0 Å². The van der Waals surface area contributed by atoms with Crippen molar-refractivity contribution in [2.24, 2.45) is 0 Å². The zero-order valence-electron chi connectivity index (χ0n) is 8.01. The summed E-state index contributed by atoms with van der Waals surface area (Å²) in [6.45, 7) is 1.05. The van der Waals surface area contributed by atoms with Crippen molar-refractivity contribution in [2.45, 2.75) is 6.54 Å². The standard InChI is InChI=1S/C11H12BrNO/c1-3-7-14-11-9(8-13-2)5-4-6-10(11)12/h1,4-6,13H,7-8H2,2H3. The Morgan fingerprint density at radius 3 is 3.00 bits per heavy atom. The van der Waals surface area contributed by atoms with Gasteiger partial charge in [0.15, 0.2) is 0 Å². The Bertz CT molecular complexity index is 344.